The van der Waals surface area contributed by atoms with Gasteiger partial charge in [0.05, 0.1) is 44.5 Å². The number of fused-ring (bicyclic) bond motifs is 4. The second-order valence-corrected chi connectivity index (χ2v) is 15.6. The van der Waals surface area contributed by atoms with Crippen molar-refractivity contribution in [1.82, 2.24) is 0 Å². The van der Waals surface area contributed by atoms with Crippen molar-refractivity contribution in [3.05, 3.63) is 189 Å². The molecule has 0 amide bonds. The van der Waals surface area contributed by atoms with E-state index in [4.69, 9.17) is 9.47 Å². The second-order valence-electron chi connectivity index (χ2n) is 15.6. The summed E-state index contributed by atoms with van der Waals surface area (Å²) in [6.07, 6.45) is 2.17. The third-order valence-corrected chi connectivity index (χ3v) is 11.0. The molecule has 17 nitrogen and oxygen atoms in total. The predicted octanol–water partition coefficient (Wildman–Crippen LogP) is 7.82. The van der Waals surface area contributed by atoms with Gasteiger partial charge in [-0.25, -0.2) is 47.9 Å². The summed E-state index contributed by atoms with van der Waals surface area (Å²) in [5, 5.41) is 0. The molecule has 5 aliphatic rings. The van der Waals surface area contributed by atoms with Crippen molar-refractivity contribution in [2.45, 2.75) is 19.3 Å². The van der Waals surface area contributed by atoms with Crippen LogP contribution in [0.5, 0.6) is 23.0 Å². The lowest BCUT2D eigenvalue weighted by atomic mass is 9.78. The van der Waals surface area contributed by atoms with Crippen molar-refractivity contribution in [3.8, 4) is 34.1 Å². The van der Waals surface area contributed by atoms with Crippen LogP contribution in [-0.2, 0) is 38.7 Å². The zero-order valence-corrected chi connectivity index (χ0v) is 35.1. The van der Waals surface area contributed by atoms with E-state index in [1.54, 1.807) is 24.3 Å². The number of carbonyl (C=O) groups is 10. The standard InChI is InChI=1S/C31H20O8.C16H6O6.C4H2O3/c1-31(2,17-3-7-19(8-4-17)36-21-11-13-23-25(15-21)29(34)38-27(23)32)18-5-9-20(10-6-18)37-22-12-14-24-26(16-22)30(35)39-28(24)33;17-13-9-3-1-7(5-11(9)15(19)21-13)8-2-4-10-12(6-8)16(20)22-14(10)18;5-3-1-2-4(6)7-3/h3-16H,1-2H3;1-6H;1-2H. The predicted molar refractivity (Wildman–Crippen MR) is 229 cm³/mol. The van der Waals surface area contributed by atoms with E-state index in [2.05, 4.69) is 37.5 Å². The van der Waals surface area contributed by atoms with Crippen LogP contribution < -0.4 is 9.47 Å². The van der Waals surface area contributed by atoms with Gasteiger partial charge in [-0.1, -0.05) is 50.2 Å². The van der Waals surface area contributed by atoms with Gasteiger partial charge in [0.1, 0.15) is 23.0 Å². The quantitative estimate of drug-likeness (QED) is 0.0843. The Balaban J connectivity index is 0.000000165. The van der Waals surface area contributed by atoms with Crippen LogP contribution in [0.1, 0.15) is 108 Å². The van der Waals surface area contributed by atoms with Gasteiger partial charge in [0.15, 0.2) is 0 Å². The third kappa shape index (κ3) is 8.40. The zero-order chi connectivity index (χ0) is 48.0. The van der Waals surface area contributed by atoms with Crippen LogP contribution in [0.25, 0.3) is 11.1 Å². The van der Waals surface area contributed by atoms with Crippen LogP contribution in [0.15, 0.2) is 133 Å². The molecule has 0 N–H and O–H groups in total. The van der Waals surface area contributed by atoms with Crippen LogP contribution in [-0.4, -0.2) is 59.7 Å². The molecule has 6 aromatic rings. The fourth-order valence-electron chi connectivity index (χ4n) is 7.41. The summed E-state index contributed by atoms with van der Waals surface area (Å²) in [5.41, 5.74) is 4.64. The molecule has 5 aliphatic heterocycles. The monoisotopic (exact) mass is 912 g/mol. The summed E-state index contributed by atoms with van der Waals surface area (Å²) >= 11 is 0. The van der Waals surface area contributed by atoms with Gasteiger partial charge in [0, 0.05) is 17.6 Å². The summed E-state index contributed by atoms with van der Waals surface area (Å²) in [5.74, 6) is -4.55. The molecule has 0 spiro atoms. The molecule has 0 atom stereocenters. The largest absolute Gasteiger partial charge is 0.457 e. The van der Waals surface area contributed by atoms with Crippen LogP contribution in [0.4, 0.5) is 0 Å². The number of esters is 10. The maximum absolute atomic E-state index is 11.8. The van der Waals surface area contributed by atoms with E-state index in [0.29, 0.717) is 34.1 Å². The Labute approximate surface area is 382 Å². The van der Waals surface area contributed by atoms with Gasteiger partial charge >= 0.3 is 59.7 Å². The first-order valence-corrected chi connectivity index (χ1v) is 20.2. The van der Waals surface area contributed by atoms with E-state index >= 15 is 0 Å². The highest BCUT2D eigenvalue weighted by molar-refractivity contribution is 6.17. The molecule has 0 saturated heterocycles. The number of rotatable bonds is 7. The summed E-state index contributed by atoms with van der Waals surface area (Å²) < 4.78 is 34.1. The van der Waals surface area contributed by atoms with E-state index in [9.17, 15) is 47.9 Å². The van der Waals surface area contributed by atoms with Crippen molar-refractivity contribution >= 4 is 59.7 Å². The Hall–Kier alpha value is -9.64. The first-order chi connectivity index (χ1) is 32.5. The lowest BCUT2D eigenvalue weighted by molar-refractivity contribution is -0.150. The molecule has 0 unspecified atom stereocenters. The van der Waals surface area contributed by atoms with E-state index in [1.165, 1.54) is 48.5 Å². The first kappa shape index (κ1) is 43.6. The fraction of sp³-hybridized carbons (Fsp3) is 0.0588. The van der Waals surface area contributed by atoms with Gasteiger partial charge in [-0.2, -0.15) is 0 Å². The number of carbonyl (C=O) groups excluding carboxylic acids is 10. The van der Waals surface area contributed by atoms with Crippen molar-refractivity contribution < 1.29 is 81.1 Å². The van der Waals surface area contributed by atoms with Crippen molar-refractivity contribution in [2.24, 2.45) is 0 Å². The second kappa shape index (κ2) is 17.1. The lowest BCUT2D eigenvalue weighted by Gasteiger charge is -2.26. The molecule has 0 bridgehead atoms. The molecule has 11 rings (SSSR count). The number of ether oxygens (including phenoxy) is 7. The Morgan fingerprint density at radius 1 is 0.309 bits per heavy atom. The van der Waals surface area contributed by atoms with Crippen molar-refractivity contribution in [2.75, 3.05) is 0 Å². The Bertz CT molecular complexity index is 3090. The number of hydrogen-bond donors (Lipinski definition) is 0. The Morgan fingerprint density at radius 3 is 0.897 bits per heavy atom. The number of cyclic esters (lactones) is 10. The average Bonchev–Trinajstić information content (AvgIpc) is 4.09. The number of benzene rings is 6. The molecule has 0 aliphatic carbocycles. The molecule has 17 heteroatoms. The average molecular weight is 913 g/mol. The highest BCUT2D eigenvalue weighted by atomic mass is 16.6. The van der Waals surface area contributed by atoms with Gasteiger partial charge in [-0.15, -0.1) is 0 Å². The van der Waals surface area contributed by atoms with Crippen LogP contribution >= 0.6 is 0 Å². The maximum atomic E-state index is 11.8. The fourth-order valence-corrected chi connectivity index (χ4v) is 7.41. The molecule has 5 heterocycles. The first-order valence-electron chi connectivity index (χ1n) is 20.2. The third-order valence-electron chi connectivity index (χ3n) is 11.0. The summed E-state index contributed by atoms with van der Waals surface area (Å²) in [6, 6.07) is 33.8. The molecule has 68 heavy (non-hydrogen) atoms. The van der Waals surface area contributed by atoms with Gasteiger partial charge in [0.2, 0.25) is 0 Å². The van der Waals surface area contributed by atoms with Gasteiger partial charge in [-0.3, -0.25) is 0 Å². The normalized spacial score (nSPS) is 14.9. The molecule has 0 radical (unpaired) electrons. The van der Waals surface area contributed by atoms with Crippen LogP contribution in [0, 0.1) is 0 Å². The molecule has 0 fully saturated rings. The van der Waals surface area contributed by atoms with Gasteiger partial charge in [-0.05, 0) is 107 Å². The van der Waals surface area contributed by atoms with Crippen molar-refractivity contribution in [3.63, 3.8) is 0 Å². The van der Waals surface area contributed by atoms with Gasteiger partial charge in [0.25, 0.3) is 0 Å². The smallest absolute Gasteiger partial charge is 0.347 e. The van der Waals surface area contributed by atoms with Crippen LogP contribution in [0.2, 0.25) is 0 Å². The molecule has 334 valence electrons. The zero-order valence-electron chi connectivity index (χ0n) is 35.1. The minimum absolute atomic E-state index is 0.182. The SMILES string of the molecule is CC(C)(c1ccc(Oc2ccc3c(c2)C(=O)OC3=O)cc1)c1ccc(Oc2ccc3c(c2)C(=O)OC3=O)cc1.O=C1C=CC(=O)O1.O=C1OC(=O)c2cc(-c3ccc4c(c3)C(=O)OC4=O)ccc21. The minimum atomic E-state index is -0.697. The number of hydrogen-bond acceptors (Lipinski definition) is 17. The van der Waals surface area contributed by atoms with Crippen LogP contribution in [0.3, 0.4) is 0 Å². The summed E-state index contributed by atoms with van der Waals surface area (Å²) in [4.78, 5) is 113. The molecule has 6 aromatic carbocycles. The topological polar surface area (TPSA) is 235 Å². The molecule has 0 saturated carbocycles. The van der Waals surface area contributed by atoms with E-state index in [-0.39, 0.29) is 49.9 Å². The minimum Gasteiger partial charge on any atom is -0.457 e. The maximum Gasteiger partial charge on any atom is 0.347 e. The molecule has 0 aromatic heterocycles. The lowest BCUT2D eigenvalue weighted by Crippen LogP contribution is -2.18. The van der Waals surface area contributed by atoms with E-state index < -0.39 is 59.7 Å². The van der Waals surface area contributed by atoms with Crippen molar-refractivity contribution in [1.29, 1.82) is 0 Å². The molecular weight excluding hydrogens is 885 g/mol. The van der Waals surface area contributed by atoms with E-state index in [0.717, 1.165) is 23.3 Å². The van der Waals surface area contributed by atoms with E-state index in [1.807, 2.05) is 48.5 Å². The Morgan fingerprint density at radius 2 is 0.588 bits per heavy atom. The summed E-state index contributed by atoms with van der Waals surface area (Å²) in [6.45, 7) is 4.20. The highest BCUT2D eigenvalue weighted by Gasteiger charge is 2.34. The Kier molecular flexibility index (Phi) is 10.9. The highest BCUT2D eigenvalue weighted by Crippen LogP contribution is 2.36. The summed E-state index contributed by atoms with van der Waals surface area (Å²) in [7, 11) is 0. The molecular formula is C51H28O17. The van der Waals surface area contributed by atoms with Gasteiger partial charge < -0.3 is 33.2 Å².